The molecule has 12 nitrogen and oxygen atoms in total. The van der Waals surface area contributed by atoms with E-state index < -0.39 is 16.0 Å². The van der Waals surface area contributed by atoms with E-state index in [4.69, 9.17) is 14.6 Å². The molecule has 0 atom stereocenters. The summed E-state index contributed by atoms with van der Waals surface area (Å²) in [7, 11) is 2.93. The maximum absolute atomic E-state index is 13.5. The lowest BCUT2D eigenvalue weighted by Crippen LogP contribution is -2.28. The Kier molecular flexibility index (Phi) is 7.22. The zero-order valence-electron chi connectivity index (χ0n) is 22.8. The minimum Gasteiger partial charge on any atom is -0.497 e. The number of ether oxygens (including phenoxy) is 2. The lowest BCUT2D eigenvalue weighted by atomic mass is 10.1. The molecule has 0 radical (unpaired) electrons. The third-order valence-corrected chi connectivity index (χ3v) is 7.64. The highest BCUT2D eigenvalue weighted by Gasteiger charge is 2.20. The zero-order valence-corrected chi connectivity index (χ0v) is 23.6. The molecule has 0 amide bonds. The molecule has 0 bridgehead atoms. The first-order chi connectivity index (χ1) is 20.8. The van der Waals surface area contributed by atoms with Crippen molar-refractivity contribution >= 4 is 28.1 Å². The number of benzene rings is 3. The second kappa shape index (κ2) is 11.3. The van der Waals surface area contributed by atoms with Gasteiger partial charge in [0.25, 0.3) is 11.1 Å². The molecule has 0 aliphatic carbocycles. The van der Waals surface area contributed by atoms with E-state index in [1.807, 2.05) is 42.5 Å². The minimum atomic E-state index is -0.528. The molecule has 0 saturated heterocycles. The van der Waals surface area contributed by atoms with Gasteiger partial charge in [0, 0.05) is 29.8 Å². The highest BCUT2D eigenvalue weighted by atomic mass is 32.1. The summed E-state index contributed by atoms with van der Waals surface area (Å²) < 4.78 is 13.3. The molecular weight excluding hydrogens is 572 g/mol. The Morgan fingerprint density at radius 1 is 0.977 bits per heavy atom. The number of rotatable bonds is 8. The van der Waals surface area contributed by atoms with Gasteiger partial charge >= 0.3 is 5.69 Å². The number of nitro groups is 1. The maximum atomic E-state index is 13.5. The topological polar surface area (TPSA) is 144 Å². The summed E-state index contributed by atoms with van der Waals surface area (Å²) in [6.45, 7) is 0. The molecule has 3 heterocycles. The van der Waals surface area contributed by atoms with Gasteiger partial charge in [-0.25, -0.2) is 4.68 Å². The van der Waals surface area contributed by atoms with Crippen molar-refractivity contribution in [3.05, 3.63) is 131 Å². The predicted molar refractivity (Wildman–Crippen MR) is 160 cm³/mol. The first-order valence-corrected chi connectivity index (χ1v) is 13.7. The Balaban J connectivity index is 1.48. The van der Waals surface area contributed by atoms with Crippen LogP contribution in [-0.4, -0.2) is 43.5 Å². The summed E-state index contributed by atoms with van der Waals surface area (Å²) in [6.07, 6.45) is 3.54. The van der Waals surface area contributed by atoms with Crippen molar-refractivity contribution in [3.8, 4) is 28.4 Å². The van der Waals surface area contributed by atoms with Crippen LogP contribution in [0.1, 0.15) is 16.8 Å². The van der Waals surface area contributed by atoms with Crippen LogP contribution in [0.3, 0.4) is 0 Å². The second-order valence-electron chi connectivity index (χ2n) is 9.36. The fourth-order valence-corrected chi connectivity index (χ4v) is 5.44. The SMILES string of the molecule is COc1ccc(Cc2nn3c(=O)/c(=C/c4cn(-c5ccccc5)nc4-c4ccc(OC)c([N+](=O)[O-])c4)sc3nc2=O)cc1. The first-order valence-electron chi connectivity index (χ1n) is 12.9. The number of para-hydroxylation sites is 1. The summed E-state index contributed by atoms with van der Waals surface area (Å²) in [4.78, 5) is 41.7. The molecule has 3 aromatic heterocycles. The molecule has 0 fully saturated rings. The number of nitrogens with zero attached hydrogens (tertiary/aromatic N) is 6. The Bertz CT molecular complexity index is 2160. The number of methoxy groups -OCH3 is 2. The van der Waals surface area contributed by atoms with Crippen LogP contribution in [-0.2, 0) is 6.42 Å². The van der Waals surface area contributed by atoms with Gasteiger partial charge in [-0.2, -0.15) is 19.7 Å². The van der Waals surface area contributed by atoms with Gasteiger partial charge in [-0.15, -0.1) is 0 Å². The monoisotopic (exact) mass is 594 g/mol. The highest BCUT2D eigenvalue weighted by molar-refractivity contribution is 7.15. The van der Waals surface area contributed by atoms with Crippen molar-refractivity contribution in [1.82, 2.24) is 24.4 Å². The van der Waals surface area contributed by atoms with Crippen molar-refractivity contribution in [2.24, 2.45) is 0 Å². The quantitative estimate of drug-likeness (QED) is 0.191. The lowest BCUT2D eigenvalue weighted by Gasteiger charge is -2.04. The molecule has 6 rings (SSSR count). The fraction of sp³-hybridized carbons (Fsp3) is 0.100. The summed E-state index contributed by atoms with van der Waals surface area (Å²) >= 11 is 1.02. The van der Waals surface area contributed by atoms with Crippen LogP contribution in [0.4, 0.5) is 5.69 Å². The van der Waals surface area contributed by atoms with Crippen LogP contribution in [0, 0.1) is 10.1 Å². The normalized spacial score (nSPS) is 11.6. The van der Waals surface area contributed by atoms with E-state index >= 15 is 0 Å². The Hall–Kier alpha value is -5.69. The number of aromatic nitrogens is 5. The molecule has 0 aliphatic heterocycles. The van der Waals surface area contributed by atoms with Gasteiger partial charge in [-0.1, -0.05) is 41.7 Å². The molecule has 43 heavy (non-hydrogen) atoms. The smallest absolute Gasteiger partial charge is 0.311 e. The summed E-state index contributed by atoms with van der Waals surface area (Å²) in [6, 6.07) is 21.0. The number of fused-ring (bicyclic) bond motifs is 1. The third-order valence-electron chi connectivity index (χ3n) is 6.68. The highest BCUT2D eigenvalue weighted by Crippen LogP contribution is 2.33. The average Bonchev–Trinajstić information content (AvgIpc) is 3.58. The summed E-state index contributed by atoms with van der Waals surface area (Å²) in [5.41, 5.74) is 1.88. The van der Waals surface area contributed by atoms with Crippen molar-refractivity contribution in [2.75, 3.05) is 14.2 Å². The summed E-state index contributed by atoms with van der Waals surface area (Å²) in [5, 5.41) is 20.8. The van der Waals surface area contributed by atoms with Crippen molar-refractivity contribution in [3.63, 3.8) is 0 Å². The number of hydrogen-bond acceptors (Lipinski definition) is 10. The van der Waals surface area contributed by atoms with Crippen LogP contribution in [0.5, 0.6) is 11.5 Å². The van der Waals surface area contributed by atoms with Gasteiger partial charge in [0.15, 0.2) is 5.75 Å². The fourth-order valence-electron chi connectivity index (χ4n) is 4.54. The van der Waals surface area contributed by atoms with Gasteiger partial charge in [0.2, 0.25) is 4.96 Å². The second-order valence-corrected chi connectivity index (χ2v) is 10.4. The number of nitro benzene ring substituents is 1. The zero-order chi connectivity index (χ0) is 30.1. The largest absolute Gasteiger partial charge is 0.497 e. The van der Waals surface area contributed by atoms with Crippen LogP contribution in [0.25, 0.3) is 28.0 Å². The number of thiazole rings is 1. The van der Waals surface area contributed by atoms with E-state index in [-0.39, 0.29) is 33.0 Å². The first kappa shape index (κ1) is 27.5. The van der Waals surface area contributed by atoms with E-state index in [1.165, 1.54) is 19.2 Å². The van der Waals surface area contributed by atoms with E-state index in [1.54, 1.807) is 42.3 Å². The van der Waals surface area contributed by atoms with Crippen molar-refractivity contribution in [2.45, 2.75) is 6.42 Å². The van der Waals surface area contributed by atoms with Crippen LogP contribution in [0.2, 0.25) is 0 Å². The molecule has 214 valence electrons. The third kappa shape index (κ3) is 5.36. The molecule has 0 spiro atoms. The summed E-state index contributed by atoms with van der Waals surface area (Å²) in [5.74, 6) is 0.793. The molecule has 6 aromatic rings. The standard InChI is InChI=1S/C30H22N6O6S/c1-41-22-11-8-18(9-12-22)14-23-28(37)31-30-35(32-23)29(38)26(43-30)16-20-17-34(21-6-4-3-5-7-21)33-27(20)19-10-13-25(42-2)24(15-19)36(39)40/h3-13,15-17H,14H2,1-2H3/b26-16-. The Morgan fingerprint density at radius 3 is 2.44 bits per heavy atom. The maximum Gasteiger partial charge on any atom is 0.311 e. The van der Waals surface area contributed by atoms with Gasteiger partial charge in [-0.3, -0.25) is 19.7 Å². The molecule has 0 N–H and O–H groups in total. The lowest BCUT2D eigenvalue weighted by molar-refractivity contribution is -0.385. The van der Waals surface area contributed by atoms with Crippen molar-refractivity contribution < 1.29 is 14.4 Å². The van der Waals surface area contributed by atoms with Gasteiger partial charge in [-0.05, 0) is 48.0 Å². The van der Waals surface area contributed by atoms with Gasteiger partial charge in [0.1, 0.15) is 17.1 Å². The van der Waals surface area contributed by atoms with Crippen molar-refractivity contribution in [1.29, 1.82) is 0 Å². The minimum absolute atomic E-state index is 0.112. The van der Waals surface area contributed by atoms with Crippen LogP contribution >= 0.6 is 11.3 Å². The van der Waals surface area contributed by atoms with E-state index in [2.05, 4.69) is 10.1 Å². The van der Waals surface area contributed by atoms with Gasteiger partial charge in [0.05, 0.1) is 29.4 Å². The molecule has 3 aromatic carbocycles. The van der Waals surface area contributed by atoms with E-state index in [0.717, 1.165) is 27.1 Å². The molecule has 13 heteroatoms. The number of hydrogen-bond donors (Lipinski definition) is 0. The predicted octanol–water partition coefficient (Wildman–Crippen LogP) is 3.43. The average molecular weight is 595 g/mol. The van der Waals surface area contributed by atoms with E-state index in [9.17, 15) is 19.7 Å². The molecular formula is C30H22N6O6S. The van der Waals surface area contributed by atoms with E-state index in [0.29, 0.717) is 22.6 Å². The van der Waals surface area contributed by atoms with Gasteiger partial charge < -0.3 is 9.47 Å². The molecule has 0 aliphatic rings. The molecule has 0 saturated carbocycles. The Morgan fingerprint density at radius 2 is 1.74 bits per heavy atom. The Labute approximate surface area is 246 Å². The van der Waals surface area contributed by atoms with Crippen LogP contribution < -0.4 is 25.1 Å². The molecule has 0 unspecified atom stereocenters. The van der Waals surface area contributed by atoms with Crippen LogP contribution in [0.15, 0.2) is 88.6 Å².